The monoisotopic (exact) mass is 758 g/mol. The topological polar surface area (TPSA) is 73.0 Å². The molecule has 0 atom stereocenters. The molecule has 48 heavy (non-hydrogen) atoms. The Labute approximate surface area is 288 Å². The number of thiocarbonyl (C=S) groups is 2. The van der Waals surface area contributed by atoms with E-state index < -0.39 is 47.4 Å². The fraction of sp³-hybridized carbons (Fsp3) is 0.414. The molecular formula is C29H26F8N4O3S4. The van der Waals surface area contributed by atoms with Crippen molar-refractivity contribution in [3.63, 3.8) is 0 Å². The molecule has 3 aliphatic rings. The van der Waals surface area contributed by atoms with Gasteiger partial charge in [-0.05, 0) is 74.3 Å². The van der Waals surface area contributed by atoms with Crippen molar-refractivity contribution in [3.8, 4) is 0 Å². The van der Waals surface area contributed by atoms with Gasteiger partial charge in [0.05, 0.1) is 27.9 Å². The van der Waals surface area contributed by atoms with E-state index in [-0.39, 0.29) is 56.2 Å². The van der Waals surface area contributed by atoms with Gasteiger partial charge in [-0.3, -0.25) is 24.3 Å². The second-order valence-electron chi connectivity index (χ2n) is 10.9. The predicted octanol–water partition coefficient (Wildman–Crippen LogP) is 7.84. The van der Waals surface area contributed by atoms with Crippen LogP contribution in [0.25, 0.3) is 0 Å². The van der Waals surface area contributed by atoms with Crippen molar-refractivity contribution in [2.45, 2.75) is 67.7 Å². The standard InChI is InChI=1S/C16H15F4N3O2S2.C13H11F4NOS2/c1-8-4-10(17)11(5-12(8)27-7-16(18,19)20)23-13(24)6-22(15(23)26)14(25)21-9-2-3-9;1-7-4-8(14)9(18-11(19)2-3-12(18)20)5-10(7)21-6-13(15,16)17/h4-5,9H,2-3,6-7H2,1H3,(H,21,25);4-5H,2-3,6H2,1H3. The molecule has 3 fully saturated rings. The van der Waals surface area contributed by atoms with E-state index in [4.69, 9.17) is 24.4 Å². The summed E-state index contributed by atoms with van der Waals surface area (Å²) in [6, 6.07) is 4.10. The number of nitrogens with one attached hydrogen (secondary N) is 1. The highest BCUT2D eigenvalue weighted by molar-refractivity contribution is 7.99. The number of rotatable bonds is 7. The van der Waals surface area contributed by atoms with Gasteiger partial charge in [0.2, 0.25) is 5.91 Å². The molecule has 0 radical (unpaired) electrons. The summed E-state index contributed by atoms with van der Waals surface area (Å²) in [7, 11) is 0. The van der Waals surface area contributed by atoms with Crippen LogP contribution in [0.3, 0.4) is 0 Å². The molecular weight excluding hydrogens is 733 g/mol. The Morgan fingerprint density at radius 2 is 1.29 bits per heavy atom. The first kappa shape index (κ1) is 37.8. The Kier molecular flexibility index (Phi) is 11.7. The van der Waals surface area contributed by atoms with Gasteiger partial charge in [-0.25, -0.2) is 13.6 Å². The Morgan fingerprint density at radius 1 is 0.812 bits per heavy atom. The van der Waals surface area contributed by atoms with E-state index >= 15 is 0 Å². The maximum atomic E-state index is 14.4. The fourth-order valence-corrected chi connectivity index (χ4v) is 6.73. The third kappa shape index (κ3) is 9.56. The molecule has 2 heterocycles. The number of thioether (sulfide) groups is 2. The summed E-state index contributed by atoms with van der Waals surface area (Å²) in [5.74, 6) is -4.65. The Hall–Kier alpha value is -3.03. The summed E-state index contributed by atoms with van der Waals surface area (Å²) in [6.45, 7) is 2.65. The van der Waals surface area contributed by atoms with Crippen LogP contribution in [-0.2, 0) is 9.59 Å². The second kappa shape index (κ2) is 14.8. The van der Waals surface area contributed by atoms with Crippen molar-refractivity contribution in [1.29, 1.82) is 0 Å². The number of amides is 4. The third-order valence-corrected chi connectivity index (χ3v) is 10.2. The summed E-state index contributed by atoms with van der Waals surface area (Å²) < 4.78 is 103. The molecule has 2 saturated heterocycles. The smallest absolute Gasteiger partial charge is 0.335 e. The van der Waals surface area contributed by atoms with Gasteiger partial charge in [-0.15, -0.1) is 23.5 Å². The molecule has 1 aliphatic carbocycles. The van der Waals surface area contributed by atoms with E-state index in [0.29, 0.717) is 41.1 Å². The maximum Gasteiger partial charge on any atom is 0.398 e. The van der Waals surface area contributed by atoms with Crippen LogP contribution in [0.4, 0.5) is 51.3 Å². The molecule has 4 amide bonds. The van der Waals surface area contributed by atoms with Gasteiger partial charge in [0.1, 0.15) is 18.2 Å². The molecule has 0 unspecified atom stereocenters. The van der Waals surface area contributed by atoms with Gasteiger partial charge in [0, 0.05) is 28.7 Å². The van der Waals surface area contributed by atoms with Gasteiger partial charge in [-0.2, -0.15) is 26.3 Å². The number of nitrogens with zero attached hydrogens (tertiary/aromatic N) is 3. The lowest BCUT2D eigenvalue weighted by atomic mass is 10.2. The average Bonchev–Trinajstić information content (AvgIpc) is 3.65. The van der Waals surface area contributed by atoms with Crippen LogP contribution in [0.15, 0.2) is 34.1 Å². The molecule has 2 aliphatic heterocycles. The van der Waals surface area contributed by atoms with Gasteiger partial charge in [0.25, 0.3) is 5.91 Å². The van der Waals surface area contributed by atoms with Crippen LogP contribution in [0.2, 0.25) is 0 Å². The zero-order valence-corrected chi connectivity index (χ0v) is 28.3. The number of anilines is 2. The lowest BCUT2D eigenvalue weighted by Gasteiger charge is -2.21. The Bertz CT molecular complexity index is 1630. The zero-order valence-electron chi connectivity index (χ0n) is 25.1. The minimum absolute atomic E-state index is 0.0472. The first-order valence-corrected chi connectivity index (χ1v) is 16.8. The number of benzene rings is 2. The number of alkyl halides is 6. The highest BCUT2D eigenvalue weighted by Gasteiger charge is 2.40. The van der Waals surface area contributed by atoms with Crippen molar-refractivity contribution >= 4 is 87.3 Å². The van der Waals surface area contributed by atoms with Gasteiger partial charge in [-0.1, -0.05) is 12.2 Å². The number of carbonyl (C=O) groups excluding carboxylic acids is 3. The van der Waals surface area contributed by atoms with Crippen LogP contribution in [0.5, 0.6) is 0 Å². The van der Waals surface area contributed by atoms with Gasteiger partial charge < -0.3 is 5.32 Å². The molecule has 5 rings (SSSR count). The lowest BCUT2D eigenvalue weighted by molar-refractivity contribution is -0.117. The van der Waals surface area contributed by atoms with Gasteiger partial charge in [0.15, 0.2) is 5.11 Å². The Balaban J connectivity index is 0.000000224. The number of urea groups is 1. The van der Waals surface area contributed by atoms with E-state index in [9.17, 15) is 49.5 Å². The quantitative estimate of drug-likeness (QED) is 0.175. The Morgan fingerprint density at radius 3 is 1.71 bits per heavy atom. The highest BCUT2D eigenvalue weighted by Crippen LogP contribution is 2.37. The first-order chi connectivity index (χ1) is 22.3. The van der Waals surface area contributed by atoms with Crippen LogP contribution in [-0.4, -0.2) is 69.3 Å². The van der Waals surface area contributed by atoms with Crippen molar-refractivity contribution in [3.05, 3.63) is 47.0 Å². The summed E-state index contributed by atoms with van der Waals surface area (Å²) in [5, 5.41) is 2.49. The summed E-state index contributed by atoms with van der Waals surface area (Å²) in [5.41, 5.74) is 0.370. The molecule has 0 aromatic heterocycles. The minimum atomic E-state index is -4.39. The molecule has 1 saturated carbocycles. The van der Waals surface area contributed by atoms with E-state index in [1.54, 1.807) is 0 Å². The van der Waals surface area contributed by atoms with Crippen LogP contribution < -0.4 is 15.1 Å². The van der Waals surface area contributed by atoms with E-state index in [1.807, 2.05) is 0 Å². The zero-order chi connectivity index (χ0) is 35.7. The van der Waals surface area contributed by atoms with E-state index in [1.165, 1.54) is 19.9 Å². The number of halogens is 8. The van der Waals surface area contributed by atoms with Crippen molar-refractivity contribution in [1.82, 2.24) is 10.2 Å². The molecule has 1 N–H and O–H groups in total. The fourth-order valence-electron chi connectivity index (χ4n) is 4.48. The molecule has 2 aromatic carbocycles. The maximum absolute atomic E-state index is 14.4. The summed E-state index contributed by atoms with van der Waals surface area (Å²) in [6.07, 6.45) is -6.47. The van der Waals surface area contributed by atoms with Crippen molar-refractivity contribution < 1.29 is 49.5 Å². The summed E-state index contributed by atoms with van der Waals surface area (Å²) in [4.78, 5) is 39.9. The number of carbonyl (C=O) groups is 3. The number of hydrogen-bond donors (Lipinski definition) is 1. The molecule has 7 nitrogen and oxygen atoms in total. The molecule has 0 bridgehead atoms. The van der Waals surface area contributed by atoms with Crippen LogP contribution in [0, 0.1) is 25.5 Å². The minimum Gasteiger partial charge on any atom is -0.335 e. The third-order valence-electron chi connectivity index (χ3n) is 6.92. The highest BCUT2D eigenvalue weighted by atomic mass is 32.2. The molecule has 2 aromatic rings. The predicted molar refractivity (Wildman–Crippen MR) is 173 cm³/mol. The average molecular weight is 759 g/mol. The number of aryl methyl sites for hydroxylation is 2. The lowest BCUT2D eigenvalue weighted by Crippen LogP contribution is -2.43. The van der Waals surface area contributed by atoms with Crippen molar-refractivity contribution in [2.24, 2.45) is 0 Å². The van der Waals surface area contributed by atoms with Crippen LogP contribution >= 0.6 is 48.0 Å². The van der Waals surface area contributed by atoms with Crippen molar-refractivity contribution in [2.75, 3.05) is 27.9 Å². The SMILES string of the molecule is Cc1cc(F)c(N2C(=O)CCC2=S)cc1SCC(F)(F)F.Cc1cc(F)c(N2C(=O)CN(C(=O)NC3CC3)C2=S)cc1SCC(F)(F)F. The molecule has 19 heteroatoms. The number of hydrogen-bond acceptors (Lipinski definition) is 7. The van der Waals surface area contributed by atoms with E-state index in [0.717, 1.165) is 45.7 Å². The largest absolute Gasteiger partial charge is 0.398 e. The summed E-state index contributed by atoms with van der Waals surface area (Å²) >= 11 is 11.2. The molecule has 260 valence electrons. The van der Waals surface area contributed by atoms with Gasteiger partial charge >= 0.3 is 18.4 Å². The normalized spacial score (nSPS) is 16.9. The molecule has 0 spiro atoms. The first-order valence-electron chi connectivity index (χ1n) is 14.1. The second-order valence-corrected chi connectivity index (χ2v) is 13.8. The van der Waals surface area contributed by atoms with Crippen LogP contribution in [0.1, 0.15) is 36.8 Å². The van der Waals surface area contributed by atoms with E-state index in [2.05, 4.69) is 5.32 Å².